The summed E-state index contributed by atoms with van der Waals surface area (Å²) in [6, 6.07) is 23.6. The van der Waals surface area contributed by atoms with Gasteiger partial charge in [0.1, 0.15) is 11.3 Å². The molecule has 0 aliphatic heterocycles. The van der Waals surface area contributed by atoms with Gasteiger partial charge in [-0.1, -0.05) is 54.6 Å². The Kier molecular flexibility index (Phi) is 6.86. The van der Waals surface area contributed by atoms with Crippen LogP contribution < -0.4 is 15.5 Å². The molecule has 6 nitrogen and oxygen atoms in total. The van der Waals surface area contributed by atoms with E-state index in [1.165, 1.54) is 11.8 Å². The van der Waals surface area contributed by atoms with Crippen molar-refractivity contribution in [2.45, 2.75) is 19.6 Å². The first-order chi connectivity index (χ1) is 16.0. The number of H-pyrrole nitrogens is 1. The Morgan fingerprint density at radius 3 is 2.45 bits per heavy atom. The normalized spacial score (nSPS) is 11.0. The van der Waals surface area contributed by atoms with Gasteiger partial charge >= 0.3 is 0 Å². The number of amides is 1. The Balaban J connectivity index is 1.41. The molecule has 0 saturated heterocycles. The van der Waals surface area contributed by atoms with Crippen molar-refractivity contribution in [3.63, 3.8) is 0 Å². The number of aromatic amines is 1. The van der Waals surface area contributed by atoms with Crippen molar-refractivity contribution >= 4 is 16.8 Å². The summed E-state index contributed by atoms with van der Waals surface area (Å²) in [5, 5.41) is 3.29. The molecule has 0 radical (unpaired) electrons. The van der Waals surface area contributed by atoms with Crippen molar-refractivity contribution in [1.29, 1.82) is 0 Å². The largest absolute Gasteiger partial charge is 0.497 e. The lowest BCUT2D eigenvalue weighted by molar-refractivity contribution is 0.0949. The summed E-state index contributed by atoms with van der Waals surface area (Å²) in [5.74, 6) is 0.159. The maximum absolute atomic E-state index is 12.8. The van der Waals surface area contributed by atoms with E-state index in [1.54, 1.807) is 25.3 Å². The maximum Gasteiger partial charge on any atom is 0.257 e. The SMILES string of the molecule is COc1ccc2[nH]cc(C(=O)NCc3cccc(CN(C)Cc4ccccc4)c3)c(=O)c2c1. The van der Waals surface area contributed by atoms with Crippen LogP contribution in [0.25, 0.3) is 10.9 Å². The van der Waals surface area contributed by atoms with Crippen LogP contribution in [0, 0.1) is 0 Å². The molecule has 4 rings (SSSR count). The molecule has 0 unspecified atom stereocenters. The zero-order valence-electron chi connectivity index (χ0n) is 18.8. The first kappa shape index (κ1) is 22.3. The molecule has 1 aromatic heterocycles. The van der Waals surface area contributed by atoms with Crippen LogP contribution in [0.3, 0.4) is 0 Å². The Morgan fingerprint density at radius 2 is 1.67 bits per heavy atom. The van der Waals surface area contributed by atoms with Crippen molar-refractivity contribution in [2.24, 2.45) is 0 Å². The third-order valence-corrected chi connectivity index (χ3v) is 5.52. The minimum atomic E-state index is -0.410. The lowest BCUT2D eigenvalue weighted by Gasteiger charge is -2.17. The van der Waals surface area contributed by atoms with E-state index >= 15 is 0 Å². The number of fused-ring (bicyclic) bond motifs is 1. The fourth-order valence-electron chi connectivity index (χ4n) is 3.87. The van der Waals surface area contributed by atoms with E-state index < -0.39 is 5.91 Å². The van der Waals surface area contributed by atoms with E-state index in [0.29, 0.717) is 23.2 Å². The highest BCUT2D eigenvalue weighted by atomic mass is 16.5. The fourth-order valence-corrected chi connectivity index (χ4v) is 3.87. The van der Waals surface area contributed by atoms with E-state index in [-0.39, 0.29) is 11.0 Å². The minimum absolute atomic E-state index is 0.0782. The molecule has 168 valence electrons. The summed E-state index contributed by atoms with van der Waals surface area (Å²) in [7, 11) is 3.63. The topological polar surface area (TPSA) is 74.4 Å². The van der Waals surface area contributed by atoms with Crippen molar-refractivity contribution < 1.29 is 9.53 Å². The van der Waals surface area contributed by atoms with Gasteiger partial charge in [-0.05, 0) is 41.9 Å². The van der Waals surface area contributed by atoms with Gasteiger partial charge in [0.25, 0.3) is 5.91 Å². The molecule has 0 aliphatic rings. The van der Waals surface area contributed by atoms with E-state index in [9.17, 15) is 9.59 Å². The Hall–Kier alpha value is -3.90. The lowest BCUT2D eigenvalue weighted by atomic mass is 10.1. The van der Waals surface area contributed by atoms with Crippen LogP contribution in [-0.2, 0) is 19.6 Å². The van der Waals surface area contributed by atoms with Crippen LogP contribution in [0.4, 0.5) is 0 Å². The maximum atomic E-state index is 12.8. The van der Waals surface area contributed by atoms with Crippen molar-refractivity contribution in [2.75, 3.05) is 14.2 Å². The highest BCUT2D eigenvalue weighted by molar-refractivity contribution is 5.97. The highest BCUT2D eigenvalue weighted by Gasteiger charge is 2.13. The smallest absolute Gasteiger partial charge is 0.257 e. The third kappa shape index (κ3) is 5.48. The molecular weight excluding hydrogens is 414 g/mol. The number of carbonyl (C=O) groups excluding carboxylic acids is 1. The van der Waals surface area contributed by atoms with Gasteiger partial charge in [0.2, 0.25) is 5.43 Å². The van der Waals surface area contributed by atoms with Crippen LogP contribution in [0.2, 0.25) is 0 Å². The second-order valence-electron chi connectivity index (χ2n) is 8.10. The molecule has 1 heterocycles. The number of hydrogen-bond acceptors (Lipinski definition) is 4. The third-order valence-electron chi connectivity index (χ3n) is 5.52. The van der Waals surface area contributed by atoms with Crippen LogP contribution in [0.5, 0.6) is 5.75 Å². The number of nitrogens with one attached hydrogen (secondary N) is 2. The number of methoxy groups -OCH3 is 1. The number of carbonyl (C=O) groups is 1. The molecule has 33 heavy (non-hydrogen) atoms. The predicted molar refractivity (Wildman–Crippen MR) is 130 cm³/mol. The van der Waals surface area contributed by atoms with E-state index in [2.05, 4.69) is 46.5 Å². The fraction of sp³-hybridized carbons (Fsp3) is 0.185. The molecule has 0 aliphatic carbocycles. The van der Waals surface area contributed by atoms with Gasteiger partial charge < -0.3 is 15.0 Å². The first-order valence-corrected chi connectivity index (χ1v) is 10.8. The van der Waals surface area contributed by atoms with Crippen LogP contribution >= 0.6 is 0 Å². The lowest BCUT2D eigenvalue weighted by Crippen LogP contribution is -2.28. The zero-order chi connectivity index (χ0) is 23.2. The Morgan fingerprint density at radius 1 is 0.939 bits per heavy atom. The first-order valence-electron chi connectivity index (χ1n) is 10.8. The summed E-state index contributed by atoms with van der Waals surface area (Å²) in [6.07, 6.45) is 1.46. The van der Waals surface area contributed by atoms with Gasteiger partial charge in [-0.15, -0.1) is 0 Å². The van der Waals surface area contributed by atoms with Crippen molar-refractivity contribution in [3.8, 4) is 5.75 Å². The highest BCUT2D eigenvalue weighted by Crippen LogP contribution is 2.17. The summed E-state index contributed by atoms with van der Waals surface area (Å²) in [4.78, 5) is 30.8. The standard InChI is InChI=1S/C27H27N3O3/c1-30(17-19-7-4-3-5-8-19)18-21-10-6-9-20(13-21)15-29-27(32)24-16-28-25-12-11-22(33-2)14-23(25)26(24)31/h3-14,16H,15,17-18H2,1-2H3,(H,28,31)(H,29,32). The average molecular weight is 442 g/mol. The number of nitrogens with zero attached hydrogens (tertiary/aromatic N) is 1. The quantitative estimate of drug-likeness (QED) is 0.432. The Labute approximate surface area is 192 Å². The molecule has 0 fully saturated rings. The second-order valence-corrected chi connectivity index (χ2v) is 8.10. The molecule has 6 heteroatoms. The molecular formula is C27H27N3O3. The molecule has 4 aromatic rings. The molecule has 0 bridgehead atoms. The zero-order valence-corrected chi connectivity index (χ0v) is 18.8. The van der Waals surface area contributed by atoms with Crippen molar-refractivity contribution in [3.05, 3.63) is 111 Å². The average Bonchev–Trinajstić information content (AvgIpc) is 2.83. The molecule has 2 N–H and O–H groups in total. The van der Waals surface area contributed by atoms with Gasteiger partial charge in [0.15, 0.2) is 0 Å². The van der Waals surface area contributed by atoms with Gasteiger partial charge in [-0.3, -0.25) is 14.5 Å². The summed E-state index contributed by atoms with van der Waals surface area (Å²) in [6.45, 7) is 1.99. The minimum Gasteiger partial charge on any atom is -0.497 e. The summed E-state index contributed by atoms with van der Waals surface area (Å²) in [5.41, 5.74) is 3.82. The molecule has 0 spiro atoms. The number of benzene rings is 3. The van der Waals surface area contributed by atoms with Crippen LogP contribution in [0.1, 0.15) is 27.0 Å². The summed E-state index contributed by atoms with van der Waals surface area (Å²) >= 11 is 0. The van der Waals surface area contributed by atoms with E-state index in [4.69, 9.17) is 4.74 Å². The molecule has 3 aromatic carbocycles. The van der Waals surface area contributed by atoms with Gasteiger partial charge in [-0.25, -0.2) is 0 Å². The number of hydrogen-bond donors (Lipinski definition) is 2. The monoisotopic (exact) mass is 441 g/mol. The molecule has 0 saturated carbocycles. The second kappa shape index (κ2) is 10.1. The molecule has 1 amide bonds. The van der Waals surface area contributed by atoms with Gasteiger partial charge in [0, 0.05) is 36.7 Å². The summed E-state index contributed by atoms with van der Waals surface area (Å²) < 4.78 is 5.20. The number of pyridine rings is 1. The number of aromatic nitrogens is 1. The van der Waals surface area contributed by atoms with Crippen LogP contribution in [-0.4, -0.2) is 29.9 Å². The molecule has 0 atom stereocenters. The van der Waals surface area contributed by atoms with Gasteiger partial charge in [0.05, 0.1) is 7.11 Å². The number of rotatable bonds is 8. The van der Waals surface area contributed by atoms with E-state index in [1.807, 2.05) is 30.3 Å². The van der Waals surface area contributed by atoms with Crippen LogP contribution in [0.15, 0.2) is 83.8 Å². The van der Waals surface area contributed by atoms with Crippen molar-refractivity contribution in [1.82, 2.24) is 15.2 Å². The van der Waals surface area contributed by atoms with Gasteiger partial charge in [-0.2, -0.15) is 0 Å². The predicted octanol–water partition coefficient (Wildman–Crippen LogP) is 4.10. The Bertz CT molecular complexity index is 1320. The number of ether oxygens (including phenoxy) is 1. The van der Waals surface area contributed by atoms with E-state index in [0.717, 1.165) is 24.2 Å².